The molecule has 0 saturated heterocycles. The van der Waals surface area contributed by atoms with Gasteiger partial charge in [-0.2, -0.15) is 5.10 Å². The first kappa shape index (κ1) is 4.37. The zero-order valence-corrected chi connectivity index (χ0v) is 3.89. The van der Waals surface area contributed by atoms with Crippen molar-refractivity contribution in [3.63, 3.8) is 0 Å². The van der Waals surface area contributed by atoms with E-state index in [4.69, 9.17) is 6.92 Å². The molecule has 0 saturated carbocycles. The Bertz CT molecular complexity index is 121. The molecule has 1 rings (SSSR count). The largest absolute Gasteiger partial charge is 0.285 e. The third-order valence-corrected chi connectivity index (χ3v) is 0.768. The highest BCUT2D eigenvalue weighted by molar-refractivity contribution is 4.97. The van der Waals surface area contributed by atoms with Crippen LogP contribution in [0.4, 0.5) is 0 Å². The summed E-state index contributed by atoms with van der Waals surface area (Å²) in [6.45, 7) is 5.21. The van der Waals surface area contributed by atoms with Gasteiger partial charge in [-0.05, 0) is 19.4 Å². The van der Waals surface area contributed by atoms with E-state index < -0.39 is 0 Å². The second-order valence-corrected chi connectivity index (χ2v) is 1.27. The molecule has 2 heteroatoms. The molecule has 0 aliphatic heterocycles. The third-order valence-electron chi connectivity index (χ3n) is 0.768. The fourth-order valence-electron chi connectivity index (χ4n) is 0.405. The summed E-state index contributed by atoms with van der Waals surface area (Å²) in [6.07, 6.45) is 2.27. The summed E-state index contributed by atoms with van der Waals surface area (Å²) < 4.78 is 0. The van der Waals surface area contributed by atoms with Crippen LogP contribution in [-0.2, 0) is 6.42 Å². The van der Waals surface area contributed by atoms with E-state index in [9.17, 15) is 0 Å². The Morgan fingerprint density at radius 2 is 2.71 bits per heavy atom. The topological polar surface area (TPSA) is 28.7 Å². The predicted molar refractivity (Wildman–Crippen MR) is 26.6 cm³/mol. The molecule has 0 amide bonds. The lowest BCUT2D eigenvalue weighted by atomic mass is 10.4. The molecule has 0 unspecified atom stereocenters. The quantitative estimate of drug-likeness (QED) is 0.544. The Balaban J connectivity index is 2.76. The molecule has 1 N–H and O–H groups in total. The normalized spacial score (nSPS) is 9.29. The third kappa shape index (κ3) is 0.796. The van der Waals surface area contributed by atoms with Crippen molar-refractivity contribution in [1.29, 1.82) is 0 Å². The van der Waals surface area contributed by atoms with Crippen molar-refractivity contribution in [2.24, 2.45) is 0 Å². The molecule has 0 atom stereocenters. The maximum absolute atomic E-state index is 5.21. The molecule has 1 aromatic rings. The fourth-order valence-corrected chi connectivity index (χ4v) is 0.405. The first-order chi connectivity index (χ1) is 3.43. The minimum Gasteiger partial charge on any atom is -0.285 e. The molecule has 7 heavy (non-hydrogen) atoms. The van der Waals surface area contributed by atoms with Crippen LogP contribution in [0.1, 0.15) is 5.69 Å². The smallest absolute Gasteiger partial charge is 0.0625 e. The summed E-state index contributed by atoms with van der Waals surface area (Å²) in [6, 6.07) is 1.85. The van der Waals surface area contributed by atoms with Crippen LogP contribution in [0, 0.1) is 6.92 Å². The Morgan fingerprint density at radius 1 is 1.86 bits per heavy atom. The van der Waals surface area contributed by atoms with Crippen LogP contribution in [0.25, 0.3) is 0 Å². The van der Waals surface area contributed by atoms with E-state index in [0.717, 1.165) is 5.69 Å². The van der Waals surface area contributed by atoms with Gasteiger partial charge >= 0.3 is 0 Å². The fraction of sp³-hybridized carbons (Fsp3) is 0.200. The van der Waals surface area contributed by atoms with Gasteiger partial charge in [0.2, 0.25) is 0 Å². The van der Waals surface area contributed by atoms with E-state index in [2.05, 4.69) is 10.2 Å². The number of hydrogen-bond acceptors (Lipinski definition) is 1. The van der Waals surface area contributed by atoms with Crippen LogP contribution in [0.2, 0.25) is 0 Å². The lowest BCUT2D eigenvalue weighted by Crippen LogP contribution is -1.76. The molecule has 1 aromatic heterocycles. The summed E-state index contributed by atoms with van der Waals surface area (Å²) in [7, 11) is 0. The van der Waals surface area contributed by atoms with Crippen molar-refractivity contribution >= 4 is 0 Å². The van der Waals surface area contributed by atoms with Gasteiger partial charge in [-0.3, -0.25) is 5.10 Å². The minimum atomic E-state index is 0.517. The van der Waals surface area contributed by atoms with Crippen LogP contribution in [-0.4, -0.2) is 10.2 Å². The second-order valence-electron chi connectivity index (χ2n) is 1.27. The molecule has 2 nitrogen and oxygen atoms in total. The van der Waals surface area contributed by atoms with Crippen molar-refractivity contribution < 1.29 is 0 Å². The predicted octanol–water partition coefficient (Wildman–Crippen LogP) is 0.663. The molecular weight excluding hydrogens is 88.1 g/mol. The number of aromatic nitrogens is 2. The molecule has 1 heterocycles. The van der Waals surface area contributed by atoms with Gasteiger partial charge < -0.3 is 0 Å². The van der Waals surface area contributed by atoms with E-state index in [-0.39, 0.29) is 0 Å². The number of nitrogens with one attached hydrogen (secondary N) is 1. The van der Waals surface area contributed by atoms with Crippen molar-refractivity contribution in [2.75, 3.05) is 0 Å². The molecule has 0 aliphatic carbocycles. The van der Waals surface area contributed by atoms with Gasteiger partial charge in [-0.25, -0.2) is 0 Å². The zero-order valence-electron chi connectivity index (χ0n) is 3.89. The van der Waals surface area contributed by atoms with Gasteiger partial charge in [0, 0.05) is 6.20 Å². The van der Waals surface area contributed by atoms with Crippen molar-refractivity contribution in [2.45, 2.75) is 6.42 Å². The Kier molecular flexibility index (Phi) is 1.11. The van der Waals surface area contributed by atoms with Crippen LogP contribution in [0.3, 0.4) is 0 Å². The van der Waals surface area contributed by atoms with Crippen LogP contribution in [0.5, 0.6) is 0 Å². The summed E-state index contributed by atoms with van der Waals surface area (Å²) >= 11 is 0. The second kappa shape index (κ2) is 1.78. The maximum atomic E-state index is 5.21. The van der Waals surface area contributed by atoms with Crippen molar-refractivity contribution in [3.8, 4) is 0 Å². The van der Waals surface area contributed by atoms with Gasteiger partial charge in [-0.1, -0.05) is 0 Å². The monoisotopic (exact) mass is 94.1 g/mol. The van der Waals surface area contributed by atoms with E-state index in [1.165, 1.54) is 0 Å². The number of aromatic amines is 1. The van der Waals surface area contributed by atoms with Gasteiger partial charge in [0.25, 0.3) is 0 Å². The average molecular weight is 94.1 g/mol. The SMILES string of the molecule is [CH]Cc1cc[nH]n1. The van der Waals surface area contributed by atoms with Crippen molar-refractivity contribution in [3.05, 3.63) is 24.9 Å². The molecular formula is C5H6N2. The molecule has 0 aromatic carbocycles. The molecule has 36 valence electrons. The molecule has 2 radical (unpaired) electrons. The number of rotatable bonds is 1. The number of H-pyrrole nitrogens is 1. The lowest BCUT2D eigenvalue weighted by Gasteiger charge is -1.76. The number of hydrogen-bond donors (Lipinski definition) is 1. The Hall–Kier alpha value is -0.790. The molecule has 0 spiro atoms. The van der Waals surface area contributed by atoms with Crippen LogP contribution >= 0.6 is 0 Å². The van der Waals surface area contributed by atoms with E-state index in [1.807, 2.05) is 6.07 Å². The first-order valence-electron chi connectivity index (χ1n) is 2.12. The molecule has 0 fully saturated rings. The van der Waals surface area contributed by atoms with E-state index in [1.54, 1.807) is 6.20 Å². The van der Waals surface area contributed by atoms with Gasteiger partial charge in [-0.15, -0.1) is 0 Å². The Labute approximate surface area is 42.6 Å². The maximum Gasteiger partial charge on any atom is 0.0625 e. The summed E-state index contributed by atoms with van der Waals surface area (Å²) in [5.41, 5.74) is 0.903. The van der Waals surface area contributed by atoms with Crippen LogP contribution < -0.4 is 0 Å². The highest BCUT2D eigenvalue weighted by Gasteiger charge is 1.83. The minimum absolute atomic E-state index is 0.517. The van der Waals surface area contributed by atoms with Gasteiger partial charge in [0.05, 0.1) is 5.69 Å². The summed E-state index contributed by atoms with van der Waals surface area (Å²) in [5, 5.41) is 6.44. The lowest BCUT2D eigenvalue weighted by molar-refractivity contribution is 1.01. The summed E-state index contributed by atoms with van der Waals surface area (Å²) in [5.74, 6) is 0. The molecule has 0 aliphatic rings. The van der Waals surface area contributed by atoms with Crippen LogP contribution in [0.15, 0.2) is 12.3 Å². The summed E-state index contributed by atoms with van der Waals surface area (Å²) in [4.78, 5) is 0. The zero-order chi connectivity index (χ0) is 5.11. The standard InChI is InChI=1S/C5H6N2/c1-2-5-3-4-6-7-5/h1,3-4H,2H2,(H,6,7). The first-order valence-corrected chi connectivity index (χ1v) is 2.12. The number of nitrogens with zero attached hydrogens (tertiary/aromatic N) is 1. The average Bonchev–Trinajstić information content (AvgIpc) is 2.14. The highest BCUT2D eigenvalue weighted by atomic mass is 15.1. The van der Waals surface area contributed by atoms with Gasteiger partial charge in [0.15, 0.2) is 0 Å². The van der Waals surface area contributed by atoms with E-state index in [0.29, 0.717) is 6.42 Å². The van der Waals surface area contributed by atoms with Gasteiger partial charge in [0.1, 0.15) is 0 Å². The highest BCUT2D eigenvalue weighted by Crippen LogP contribution is 1.88. The molecule has 0 bridgehead atoms. The Morgan fingerprint density at radius 3 is 3.00 bits per heavy atom. The van der Waals surface area contributed by atoms with E-state index >= 15 is 0 Å². The van der Waals surface area contributed by atoms with Crippen molar-refractivity contribution in [1.82, 2.24) is 10.2 Å².